The van der Waals surface area contributed by atoms with Gasteiger partial charge in [-0.2, -0.15) is 0 Å². The molecule has 1 aromatic heterocycles. The summed E-state index contributed by atoms with van der Waals surface area (Å²) in [5.74, 6) is 0.768. The lowest BCUT2D eigenvalue weighted by Crippen LogP contribution is -2.32. The highest BCUT2D eigenvalue weighted by Crippen LogP contribution is 2.26. The number of phenolic OH excluding ortho intramolecular Hbond substituents is 1. The zero-order valence-corrected chi connectivity index (χ0v) is 17.7. The Morgan fingerprint density at radius 3 is 2.75 bits per heavy atom. The number of benzene rings is 2. The average Bonchev–Trinajstić information content (AvgIpc) is 3.29. The molecule has 0 radical (unpaired) electrons. The number of amides is 1. The van der Waals surface area contributed by atoms with Crippen LogP contribution in [0.2, 0.25) is 0 Å². The van der Waals surface area contributed by atoms with Gasteiger partial charge in [0.25, 0.3) is 5.91 Å². The number of anilines is 2. The van der Waals surface area contributed by atoms with Crippen molar-refractivity contribution in [3.05, 3.63) is 77.7 Å². The van der Waals surface area contributed by atoms with E-state index in [1.165, 1.54) is 31.4 Å². The van der Waals surface area contributed by atoms with E-state index >= 15 is 0 Å². The van der Waals surface area contributed by atoms with Gasteiger partial charge in [-0.1, -0.05) is 6.07 Å². The maximum absolute atomic E-state index is 13.0. The molecule has 0 unspecified atom stereocenters. The van der Waals surface area contributed by atoms with Crippen LogP contribution >= 0.6 is 0 Å². The molecule has 0 aliphatic carbocycles. The van der Waals surface area contributed by atoms with Crippen LogP contribution in [0.25, 0.3) is 0 Å². The first-order valence-corrected chi connectivity index (χ1v) is 10.4. The highest BCUT2D eigenvalue weighted by atomic mass is 19.1. The van der Waals surface area contributed by atoms with Crippen molar-refractivity contribution in [3.63, 3.8) is 0 Å². The summed E-state index contributed by atoms with van der Waals surface area (Å²) in [5, 5.41) is 16.0. The minimum atomic E-state index is -0.352. The summed E-state index contributed by atoms with van der Waals surface area (Å²) in [5.41, 5.74) is 2.00. The Hall–Kier alpha value is -3.65. The van der Waals surface area contributed by atoms with Gasteiger partial charge in [0.1, 0.15) is 11.6 Å². The van der Waals surface area contributed by atoms with Crippen molar-refractivity contribution >= 4 is 17.4 Å². The number of aromatic nitrogens is 1. The van der Waals surface area contributed by atoms with Crippen molar-refractivity contribution in [2.45, 2.75) is 19.0 Å². The summed E-state index contributed by atoms with van der Waals surface area (Å²) < 4.78 is 18.2. The molecule has 32 heavy (non-hydrogen) atoms. The second-order valence-corrected chi connectivity index (χ2v) is 7.68. The van der Waals surface area contributed by atoms with Crippen LogP contribution in [0.5, 0.6) is 11.5 Å². The number of nitrogens with one attached hydrogen (secondary N) is 2. The van der Waals surface area contributed by atoms with Crippen molar-refractivity contribution < 1.29 is 19.0 Å². The summed E-state index contributed by atoms with van der Waals surface area (Å²) in [4.78, 5) is 19.0. The van der Waals surface area contributed by atoms with Crippen molar-refractivity contribution in [2.24, 2.45) is 0 Å². The molecule has 8 heteroatoms. The van der Waals surface area contributed by atoms with Gasteiger partial charge < -0.3 is 25.4 Å². The van der Waals surface area contributed by atoms with Crippen LogP contribution in [0.1, 0.15) is 22.3 Å². The van der Waals surface area contributed by atoms with E-state index in [4.69, 9.17) is 4.74 Å². The third kappa shape index (κ3) is 5.15. The first-order chi connectivity index (χ1) is 15.5. The highest BCUT2D eigenvalue weighted by Gasteiger charge is 2.23. The van der Waals surface area contributed by atoms with Crippen LogP contribution in [0.4, 0.5) is 15.9 Å². The molecule has 3 N–H and O–H groups in total. The molecule has 0 saturated carbocycles. The first-order valence-electron chi connectivity index (χ1n) is 10.4. The maximum atomic E-state index is 13.0. The number of hydrogen-bond donors (Lipinski definition) is 3. The number of rotatable bonds is 7. The minimum Gasteiger partial charge on any atom is -0.504 e. The number of pyridine rings is 1. The standard InChI is InChI=1S/C24H25FN4O3/c1-32-22-12-16(2-8-21(22)30)13-26-20-10-11-29(15-20)23-9-3-17(14-27-23)24(31)28-19-6-4-18(25)5-7-19/h2-9,12,14,20,26,30H,10-11,13,15H2,1H3,(H,28,31)/t20-/m1/s1. The topological polar surface area (TPSA) is 86.7 Å². The summed E-state index contributed by atoms with van der Waals surface area (Å²) in [7, 11) is 1.53. The van der Waals surface area contributed by atoms with Crippen LogP contribution in [0, 0.1) is 5.82 Å². The van der Waals surface area contributed by atoms with E-state index in [1.807, 2.05) is 18.2 Å². The van der Waals surface area contributed by atoms with Gasteiger partial charge in [-0.05, 0) is 60.5 Å². The number of aromatic hydroxyl groups is 1. The molecule has 3 aromatic rings. The third-order valence-electron chi connectivity index (χ3n) is 5.46. The lowest BCUT2D eigenvalue weighted by molar-refractivity contribution is 0.102. The monoisotopic (exact) mass is 436 g/mol. The van der Waals surface area contributed by atoms with E-state index in [1.54, 1.807) is 18.3 Å². The van der Waals surface area contributed by atoms with Crippen LogP contribution in [-0.2, 0) is 6.54 Å². The number of halogens is 1. The second-order valence-electron chi connectivity index (χ2n) is 7.68. The van der Waals surface area contributed by atoms with E-state index in [-0.39, 0.29) is 17.5 Å². The number of carbonyl (C=O) groups excluding carboxylic acids is 1. The number of phenols is 1. The van der Waals surface area contributed by atoms with Crippen LogP contribution in [0.15, 0.2) is 60.8 Å². The van der Waals surface area contributed by atoms with Gasteiger partial charge in [-0.25, -0.2) is 9.37 Å². The normalized spacial score (nSPS) is 15.6. The molecule has 2 aromatic carbocycles. The fraction of sp³-hybridized carbons (Fsp3) is 0.250. The van der Waals surface area contributed by atoms with Crippen LogP contribution in [-0.4, -0.2) is 42.2 Å². The summed E-state index contributed by atoms with van der Waals surface area (Å²) in [6, 6.07) is 14.8. The molecule has 1 aliphatic heterocycles. The first kappa shape index (κ1) is 21.6. The van der Waals surface area contributed by atoms with Gasteiger partial charge in [0.2, 0.25) is 0 Å². The maximum Gasteiger partial charge on any atom is 0.257 e. The van der Waals surface area contributed by atoms with Gasteiger partial charge in [-0.3, -0.25) is 4.79 Å². The quantitative estimate of drug-likeness (QED) is 0.525. The number of ether oxygens (including phenoxy) is 1. The van der Waals surface area contributed by atoms with E-state index in [0.29, 0.717) is 29.6 Å². The molecule has 1 atom stereocenters. The predicted molar refractivity (Wildman–Crippen MR) is 121 cm³/mol. The highest BCUT2D eigenvalue weighted by molar-refractivity contribution is 6.04. The second kappa shape index (κ2) is 9.65. The van der Waals surface area contributed by atoms with E-state index < -0.39 is 0 Å². The molecular weight excluding hydrogens is 411 g/mol. The summed E-state index contributed by atoms with van der Waals surface area (Å²) >= 11 is 0. The molecule has 0 bridgehead atoms. The minimum absolute atomic E-state index is 0.129. The lowest BCUT2D eigenvalue weighted by Gasteiger charge is -2.18. The molecule has 1 saturated heterocycles. The van der Waals surface area contributed by atoms with Crippen molar-refractivity contribution in [3.8, 4) is 11.5 Å². The Morgan fingerprint density at radius 1 is 1.22 bits per heavy atom. The SMILES string of the molecule is COc1cc(CN[C@@H]2CCN(c3ccc(C(=O)Nc4ccc(F)cc4)cn3)C2)ccc1O. The number of carbonyl (C=O) groups is 1. The van der Waals surface area contributed by atoms with Gasteiger partial charge in [-0.15, -0.1) is 0 Å². The fourth-order valence-electron chi connectivity index (χ4n) is 3.67. The Balaban J connectivity index is 1.30. The molecule has 4 rings (SSSR count). The van der Waals surface area contributed by atoms with Gasteiger partial charge in [0.15, 0.2) is 11.5 Å². The Labute approximate surface area is 185 Å². The Kier molecular flexibility index (Phi) is 6.51. The van der Waals surface area contributed by atoms with Crippen LogP contribution < -0.4 is 20.3 Å². The van der Waals surface area contributed by atoms with Crippen molar-refractivity contribution in [1.29, 1.82) is 0 Å². The number of methoxy groups -OCH3 is 1. The largest absolute Gasteiger partial charge is 0.504 e. The summed E-state index contributed by atoms with van der Waals surface area (Å²) in [6.07, 6.45) is 2.53. The van der Waals surface area contributed by atoms with E-state index in [2.05, 4.69) is 20.5 Å². The van der Waals surface area contributed by atoms with E-state index in [9.17, 15) is 14.3 Å². The molecule has 1 aliphatic rings. The van der Waals surface area contributed by atoms with Crippen LogP contribution in [0.3, 0.4) is 0 Å². The zero-order valence-electron chi connectivity index (χ0n) is 17.7. The molecule has 0 spiro atoms. The zero-order chi connectivity index (χ0) is 22.5. The molecule has 1 amide bonds. The van der Waals surface area contributed by atoms with Crippen molar-refractivity contribution in [2.75, 3.05) is 30.4 Å². The number of nitrogens with zero attached hydrogens (tertiary/aromatic N) is 2. The van der Waals surface area contributed by atoms with Gasteiger partial charge in [0, 0.05) is 37.6 Å². The lowest BCUT2D eigenvalue weighted by atomic mass is 10.2. The van der Waals surface area contributed by atoms with Gasteiger partial charge >= 0.3 is 0 Å². The molecule has 7 nitrogen and oxygen atoms in total. The smallest absolute Gasteiger partial charge is 0.257 e. The number of hydrogen-bond acceptors (Lipinski definition) is 6. The molecule has 166 valence electrons. The average molecular weight is 436 g/mol. The molecule has 1 fully saturated rings. The fourth-order valence-corrected chi connectivity index (χ4v) is 3.67. The van der Waals surface area contributed by atoms with Gasteiger partial charge in [0.05, 0.1) is 12.7 Å². The van der Waals surface area contributed by atoms with E-state index in [0.717, 1.165) is 30.9 Å². The predicted octanol–water partition coefficient (Wildman–Crippen LogP) is 3.56. The Morgan fingerprint density at radius 2 is 2.03 bits per heavy atom. The Bertz CT molecular complexity index is 1070. The molecular formula is C24H25FN4O3. The summed E-state index contributed by atoms with van der Waals surface area (Å²) in [6.45, 7) is 2.35. The van der Waals surface area contributed by atoms with Crippen molar-refractivity contribution in [1.82, 2.24) is 10.3 Å². The molecule has 2 heterocycles. The third-order valence-corrected chi connectivity index (χ3v) is 5.46.